The summed E-state index contributed by atoms with van der Waals surface area (Å²) in [4.78, 5) is 23.5. The van der Waals surface area contributed by atoms with Crippen molar-refractivity contribution in [2.24, 2.45) is 0 Å². The molecule has 0 fully saturated rings. The molecule has 0 aliphatic heterocycles. The second-order valence-electron chi connectivity index (χ2n) is 8.28. The molecule has 0 spiro atoms. The molecule has 0 aliphatic carbocycles. The van der Waals surface area contributed by atoms with Gasteiger partial charge in [0.15, 0.2) is 6.35 Å². The van der Waals surface area contributed by atoms with Gasteiger partial charge in [0.1, 0.15) is 30.3 Å². The van der Waals surface area contributed by atoms with Crippen LogP contribution in [0.25, 0.3) is 0 Å². The minimum atomic E-state index is -3.61. The van der Waals surface area contributed by atoms with Gasteiger partial charge in [0.25, 0.3) is 0 Å². The van der Waals surface area contributed by atoms with Crippen LogP contribution in [0.2, 0.25) is 0 Å². The lowest BCUT2D eigenvalue weighted by molar-refractivity contribution is -0.142. The van der Waals surface area contributed by atoms with Crippen LogP contribution < -0.4 is 14.9 Å². The van der Waals surface area contributed by atoms with E-state index < -0.39 is 31.8 Å². The summed E-state index contributed by atoms with van der Waals surface area (Å²) in [5.41, 5.74) is 2.46. The van der Waals surface area contributed by atoms with Gasteiger partial charge in [-0.15, -0.1) is 0 Å². The fraction of sp³-hybridized carbons (Fsp3) is 0.481. The molecule has 39 heavy (non-hydrogen) atoms. The summed E-state index contributed by atoms with van der Waals surface area (Å²) < 4.78 is 28.7. The average Bonchev–Trinajstić information content (AvgIpc) is 2.90. The van der Waals surface area contributed by atoms with E-state index in [4.69, 9.17) is 14.2 Å². The molecule has 0 saturated carbocycles. The first-order valence-corrected chi connectivity index (χ1v) is 14.7. The molecule has 0 heterocycles. The molecule has 2 aromatic carbocycles. The zero-order valence-electron chi connectivity index (χ0n) is 23.4. The van der Waals surface area contributed by atoms with Crippen molar-refractivity contribution < 1.29 is 43.7 Å². The van der Waals surface area contributed by atoms with Crippen LogP contribution in [0.15, 0.2) is 30.3 Å². The highest BCUT2D eigenvalue weighted by Crippen LogP contribution is 2.38. The zero-order valence-corrected chi connectivity index (χ0v) is 24.3. The molecule has 0 saturated heterocycles. The van der Waals surface area contributed by atoms with Crippen molar-refractivity contribution in [2.45, 2.75) is 54.1 Å². The van der Waals surface area contributed by atoms with E-state index in [0.717, 1.165) is 5.56 Å². The maximum Gasteiger partial charge on any atom is 0.320 e. The molecule has 2 aromatic rings. The van der Waals surface area contributed by atoms with E-state index in [-0.39, 0.29) is 43.6 Å². The summed E-state index contributed by atoms with van der Waals surface area (Å²) in [6.07, 6.45) is -0.950. The van der Waals surface area contributed by atoms with Gasteiger partial charge < -0.3 is 29.5 Å². The third-order valence-corrected chi connectivity index (χ3v) is 7.16. The number of hydrogen-bond acceptors (Lipinski definition) is 9. The molecule has 0 radical (unpaired) electrons. The smallest absolute Gasteiger partial charge is 0.320 e. The molecular weight excluding hydrogens is 527 g/mol. The van der Waals surface area contributed by atoms with E-state index >= 15 is 0 Å². The third kappa shape index (κ3) is 11.3. The van der Waals surface area contributed by atoms with Gasteiger partial charge in [-0.1, -0.05) is 19.9 Å². The number of phenols is 2. The summed E-state index contributed by atoms with van der Waals surface area (Å²) in [6.45, 7) is 10.2. The van der Waals surface area contributed by atoms with E-state index in [1.54, 1.807) is 45.9 Å². The van der Waals surface area contributed by atoms with Crippen molar-refractivity contribution >= 4 is 19.4 Å². The van der Waals surface area contributed by atoms with E-state index in [1.807, 2.05) is 13.8 Å². The molecule has 0 aliphatic rings. The highest BCUT2D eigenvalue weighted by molar-refractivity contribution is 7.59. The van der Waals surface area contributed by atoms with Crippen LogP contribution in [0.1, 0.15) is 63.0 Å². The van der Waals surface area contributed by atoms with Crippen LogP contribution >= 0.6 is 7.44 Å². The van der Waals surface area contributed by atoms with Crippen molar-refractivity contribution in [1.82, 2.24) is 10.2 Å². The number of carbonyl (C=O) groups excluding carboxylic acids is 2. The van der Waals surface area contributed by atoms with Crippen LogP contribution in [-0.2, 0) is 30.0 Å². The van der Waals surface area contributed by atoms with E-state index in [1.165, 1.54) is 12.1 Å². The van der Waals surface area contributed by atoms with Crippen molar-refractivity contribution in [3.8, 4) is 17.2 Å². The molecule has 11 nitrogen and oxygen atoms in total. The second-order valence-corrected chi connectivity index (χ2v) is 10.6. The first kappa shape index (κ1) is 33.9. The van der Waals surface area contributed by atoms with E-state index in [0.29, 0.717) is 23.1 Å². The van der Waals surface area contributed by atoms with Gasteiger partial charge in [-0.2, -0.15) is 0 Å². The molecule has 0 bridgehead atoms. The molecule has 0 aromatic heterocycles. The zero-order chi connectivity index (χ0) is 29.6. The fourth-order valence-electron chi connectivity index (χ4n) is 3.45. The standard InChI is InChI=1S/C25H35N2O9P.C2H6/c1-5-34-24(31)13-26-37(33,27-14-25(32)35-6-2)15-36-19-9-16(3)20(23(30)12-19)10-18-7-8-22(29)21(11-18)17(4)28;1-2/h7-9,11-12,17,28-30H,5-6,10,13-15H2,1-4H3,(H2,26,27,33);1-2H3. The summed E-state index contributed by atoms with van der Waals surface area (Å²) in [5, 5.41) is 35.6. The van der Waals surface area contributed by atoms with Crippen molar-refractivity contribution in [3.05, 3.63) is 52.6 Å². The lowest BCUT2D eigenvalue weighted by Crippen LogP contribution is -2.34. The second kappa shape index (κ2) is 16.8. The monoisotopic (exact) mass is 568 g/mol. The summed E-state index contributed by atoms with van der Waals surface area (Å²) in [7, 11) is -3.61. The molecule has 218 valence electrons. The van der Waals surface area contributed by atoms with Crippen molar-refractivity contribution in [3.63, 3.8) is 0 Å². The largest absolute Gasteiger partial charge is 0.508 e. The Balaban J connectivity index is 0.00000371. The van der Waals surface area contributed by atoms with Crippen LogP contribution in [0.3, 0.4) is 0 Å². The first-order valence-electron chi connectivity index (χ1n) is 12.8. The number of aromatic hydroxyl groups is 2. The van der Waals surface area contributed by atoms with E-state index in [2.05, 4.69) is 10.2 Å². The van der Waals surface area contributed by atoms with Gasteiger partial charge in [-0.25, -0.2) is 10.2 Å². The van der Waals surface area contributed by atoms with Crippen LogP contribution in [-0.4, -0.2) is 59.9 Å². The maximum absolute atomic E-state index is 13.3. The number of rotatable bonds is 14. The maximum atomic E-state index is 13.3. The minimum absolute atomic E-state index is 0.0130. The van der Waals surface area contributed by atoms with Crippen LogP contribution in [0.4, 0.5) is 0 Å². The van der Waals surface area contributed by atoms with E-state index in [9.17, 15) is 29.5 Å². The van der Waals surface area contributed by atoms with Gasteiger partial charge in [-0.05, 0) is 57.0 Å². The predicted octanol–water partition coefficient (Wildman–Crippen LogP) is 3.91. The number of benzene rings is 2. The van der Waals surface area contributed by atoms with Crippen LogP contribution in [0.5, 0.6) is 17.2 Å². The Hall–Kier alpha value is -3.11. The molecule has 2 rings (SSSR count). The lowest BCUT2D eigenvalue weighted by Gasteiger charge is -2.21. The topological polar surface area (TPSA) is 164 Å². The van der Waals surface area contributed by atoms with Gasteiger partial charge in [0.2, 0.25) is 7.44 Å². The number of esters is 2. The number of phenolic OH excluding ortho intramolecular Hbond substituents is 2. The number of aryl methyl sites for hydroxylation is 1. The molecule has 5 N–H and O–H groups in total. The fourth-order valence-corrected chi connectivity index (χ4v) is 4.85. The average molecular weight is 569 g/mol. The Morgan fingerprint density at radius 1 is 0.949 bits per heavy atom. The first-order chi connectivity index (χ1) is 18.5. The normalized spacial score (nSPS) is 11.7. The minimum Gasteiger partial charge on any atom is -0.508 e. The third-order valence-electron chi connectivity index (χ3n) is 5.33. The molecular formula is C27H41N2O9P. The van der Waals surface area contributed by atoms with Gasteiger partial charge in [0.05, 0.1) is 19.3 Å². The number of hydrogen-bond donors (Lipinski definition) is 5. The Bertz CT molecular complexity index is 1090. The van der Waals surface area contributed by atoms with Crippen molar-refractivity contribution in [1.29, 1.82) is 0 Å². The van der Waals surface area contributed by atoms with Gasteiger partial charge in [0, 0.05) is 23.6 Å². The van der Waals surface area contributed by atoms with Crippen LogP contribution in [0, 0.1) is 6.92 Å². The Labute approximate surface area is 230 Å². The number of carbonyl (C=O) groups is 2. The Morgan fingerprint density at radius 2 is 1.51 bits per heavy atom. The molecule has 1 atom stereocenters. The highest BCUT2D eigenvalue weighted by atomic mass is 31.2. The predicted molar refractivity (Wildman–Crippen MR) is 148 cm³/mol. The summed E-state index contributed by atoms with van der Waals surface area (Å²) >= 11 is 0. The Kier molecular flexibility index (Phi) is 14.6. The summed E-state index contributed by atoms with van der Waals surface area (Å²) in [6, 6.07) is 7.89. The van der Waals surface area contributed by atoms with Crippen molar-refractivity contribution in [2.75, 3.05) is 32.7 Å². The molecule has 0 amide bonds. The SMILES string of the molecule is CC.CCOC(=O)CNP(=O)(COc1cc(C)c(Cc2ccc(O)c(C(C)O)c2)c(O)c1)NCC(=O)OCC. The van der Waals surface area contributed by atoms with Gasteiger partial charge >= 0.3 is 11.9 Å². The highest BCUT2D eigenvalue weighted by Gasteiger charge is 2.26. The summed E-state index contributed by atoms with van der Waals surface area (Å²) in [5.74, 6) is -1.08. The number of nitrogens with one attached hydrogen (secondary N) is 2. The Morgan fingerprint density at radius 3 is 2.00 bits per heavy atom. The number of ether oxygens (including phenoxy) is 3. The van der Waals surface area contributed by atoms with Gasteiger partial charge in [-0.3, -0.25) is 14.2 Å². The molecule has 1 unspecified atom stereocenters. The number of aliphatic hydroxyl groups excluding tert-OH is 1. The molecule has 12 heteroatoms. The number of aliphatic hydroxyl groups is 1. The lowest BCUT2D eigenvalue weighted by atomic mass is 9.96. The quantitative estimate of drug-likeness (QED) is 0.166.